The van der Waals surface area contributed by atoms with E-state index in [9.17, 15) is 9.18 Å². The zero-order valence-corrected chi connectivity index (χ0v) is 10.0. The minimum absolute atomic E-state index is 0.224. The Morgan fingerprint density at radius 1 is 1.29 bits per heavy atom. The molecule has 0 spiro atoms. The minimum atomic E-state index is -0.744. The first-order valence-electron chi connectivity index (χ1n) is 5.72. The number of unbranched alkanes of at least 4 members (excludes halogenated alkanes) is 1. The van der Waals surface area contributed by atoms with Gasteiger partial charge in [0.1, 0.15) is 5.82 Å². The molecule has 0 aliphatic heterocycles. The van der Waals surface area contributed by atoms with Crippen LogP contribution < -0.4 is 0 Å². The first-order chi connectivity index (χ1) is 8.08. The SMILES string of the molecule is CN(CCCCC(=O)O)Cc1ccc(F)cc1. The van der Waals surface area contributed by atoms with Crippen molar-refractivity contribution in [2.75, 3.05) is 13.6 Å². The number of halogens is 1. The lowest BCUT2D eigenvalue weighted by Gasteiger charge is -2.16. The summed E-state index contributed by atoms with van der Waals surface area (Å²) in [6, 6.07) is 6.44. The van der Waals surface area contributed by atoms with Gasteiger partial charge in [-0.2, -0.15) is 0 Å². The molecule has 17 heavy (non-hydrogen) atoms. The molecule has 1 rings (SSSR count). The molecule has 3 nitrogen and oxygen atoms in total. The number of carboxylic acid groups (broad SMARTS) is 1. The van der Waals surface area contributed by atoms with Crippen LogP contribution in [0.15, 0.2) is 24.3 Å². The van der Waals surface area contributed by atoms with Crippen molar-refractivity contribution in [2.45, 2.75) is 25.8 Å². The van der Waals surface area contributed by atoms with Crippen molar-refractivity contribution in [3.63, 3.8) is 0 Å². The molecule has 0 fully saturated rings. The second kappa shape index (κ2) is 7.01. The molecule has 0 aromatic heterocycles. The van der Waals surface area contributed by atoms with E-state index in [-0.39, 0.29) is 12.2 Å². The van der Waals surface area contributed by atoms with Crippen molar-refractivity contribution < 1.29 is 14.3 Å². The molecular formula is C13H18FNO2. The summed E-state index contributed by atoms with van der Waals surface area (Å²) < 4.78 is 12.7. The van der Waals surface area contributed by atoms with Crippen LogP contribution in [0.5, 0.6) is 0 Å². The molecule has 4 heteroatoms. The summed E-state index contributed by atoms with van der Waals surface area (Å²) in [5.74, 6) is -0.968. The summed E-state index contributed by atoms with van der Waals surface area (Å²) in [5, 5.41) is 8.49. The van der Waals surface area contributed by atoms with E-state index in [1.165, 1.54) is 12.1 Å². The number of hydrogen-bond acceptors (Lipinski definition) is 2. The van der Waals surface area contributed by atoms with Crippen LogP contribution in [0.1, 0.15) is 24.8 Å². The first-order valence-corrected chi connectivity index (χ1v) is 5.72. The van der Waals surface area contributed by atoms with Gasteiger partial charge >= 0.3 is 5.97 Å². The average molecular weight is 239 g/mol. The van der Waals surface area contributed by atoms with Gasteiger partial charge in [-0.15, -0.1) is 0 Å². The predicted molar refractivity (Wildman–Crippen MR) is 64.2 cm³/mol. The number of nitrogens with zero attached hydrogens (tertiary/aromatic N) is 1. The number of rotatable bonds is 7. The summed E-state index contributed by atoms with van der Waals surface area (Å²) in [6.07, 6.45) is 1.79. The molecule has 0 aliphatic carbocycles. The Morgan fingerprint density at radius 2 is 1.94 bits per heavy atom. The molecule has 0 amide bonds. The van der Waals surface area contributed by atoms with E-state index >= 15 is 0 Å². The van der Waals surface area contributed by atoms with Crippen molar-refractivity contribution in [3.8, 4) is 0 Å². The Hall–Kier alpha value is -1.42. The fraction of sp³-hybridized carbons (Fsp3) is 0.462. The van der Waals surface area contributed by atoms with E-state index < -0.39 is 5.97 Å². The van der Waals surface area contributed by atoms with E-state index in [0.717, 1.165) is 25.1 Å². The lowest BCUT2D eigenvalue weighted by Crippen LogP contribution is -2.19. The second-order valence-electron chi connectivity index (χ2n) is 4.22. The van der Waals surface area contributed by atoms with Crippen LogP contribution in [0, 0.1) is 5.82 Å². The normalized spacial score (nSPS) is 10.8. The molecule has 0 unspecified atom stereocenters. The molecule has 0 saturated carbocycles. The van der Waals surface area contributed by atoms with Crippen LogP contribution in [0.25, 0.3) is 0 Å². The topological polar surface area (TPSA) is 40.5 Å². The zero-order valence-electron chi connectivity index (χ0n) is 10.0. The van der Waals surface area contributed by atoms with Gasteiger partial charge in [0.05, 0.1) is 0 Å². The number of benzene rings is 1. The number of aliphatic carboxylic acids is 1. The Balaban J connectivity index is 2.22. The lowest BCUT2D eigenvalue weighted by atomic mass is 10.2. The monoisotopic (exact) mass is 239 g/mol. The van der Waals surface area contributed by atoms with E-state index in [4.69, 9.17) is 5.11 Å². The second-order valence-corrected chi connectivity index (χ2v) is 4.22. The molecule has 0 bridgehead atoms. The third kappa shape index (κ3) is 6.02. The first kappa shape index (κ1) is 13.6. The van der Waals surface area contributed by atoms with Gasteiger partial charge in [0, 0.05) is 13.0 Å². The van der Waals surface area contributed by atoms with E-state index in [0.29, 0.717) is 6.42 Å². The van der Waals surface area contributed by atoms with E-state index in [1.807, 2.05) is 7.05 Å². The van der Waals surface area contributed by atoms with Crippen molar-refractivity contribution in [3.05, 3.63) is 35.6 Å². The van der Waals surface area contributed by atoms with Crippen molar-refractivity contribution in [1.29, 1.82) is 0 Å². The highest BCUT2D eigenvalue weighted by Gasteiger charge is 2.02. The van der Waals surface area contributed by atoms with Gasteiger partial charge in [0.2, 0.25) is 0 Å². The Kier molecular flexibility index (Phi) is 5.63. The summed E-state index contributed by atoms with van der Waals surface area (Å²) in [4.78, 5) is 12.4. The zero-order chi connectivity index (χ0) is 12.7. The van der Waals surface area contributed by atoms with Gasteiger partial charge in [-0.25, -0.2) is 4.39 Å². The fourth-order valence-corrected chi connectivity index (χ4v) is 1.64. The quantitative estimate of drug-likeness (QED) is 0.743. The van der Waals surface area contributed by atoms with Gasteiger partial charge in [-0.3, -0.25) is 4.79 Å². The van der Waals surface area contributed by atoms with Crippen LogP contribution in [0.2, 0.25) is 0 Å². The Bertz CT molecular complexity index is 351. The van der Waals surface area contributed by atoms with E-state index in [2.05, 4.69) is 4.90 Å². The van der Waals surface area contributed by atoms with Crippen LogP contribution in [0.4, 0.5) is 4.39 Å². The van der Waals surface area contributed by atoms with Gasteiger partial charge in [0.25, 0.3) is 0 Å². The average Bonchev–Trinajstić information content (AvgIpc) is 2.27. The van der Waals surface area contributed by atoms with Crippen LogP contribution >= 0.6 is 0 Å². The summed E-state index contributed by atoms with van der Waals surface area (Å²) in [6.45, 7) is 1.61. The Labute approximate surface area is 101 Å². The van der Waals surface area contributed by atoms with Crippen LogP contribution in [-0.4, -0.2) is 29.6 Å². The summed E-state index contributed by atoms with van der Waals surface area (Å²) in [5.41, 5.74) is 1.06. The highest BCUT2D eigenvalue weighted by atomic mass is 19.1. The van der Waals surface area contributed by atoms with Crippen molar-refractivity contribution in [1.82, 2.24) is 4.90 Å². The van der Waals surface area contributed by atoms with Gasteiger partial charge in [0.15, 0.2) is 0 Å². The van der Waals surface area contributed by atoms with Gasteiger partial charge < -0.3 is 10.0 Å². The van der Waals surface area contributed by atoms with E-state index in [1.54, 1.807) is 12.1 Å². The largest absolute Gasteiger partial charge is 0.481 e. The molecule has 94 valence electrons. The number of carboxylic acids is 1. The minimum Gasteiger partial charge on any atom is -0.481 e. The third-order valence-corrected chi connectivity index (χ3v) is 2.55. The molecule has 1 aromatic carbocycles. The molecule has 1 N–H and O–H groups in total. The molecule has 0 atom stereocenters. The number of carbonyl (C=O) groups is 1. The standard InChI is InChI=1S/C13H18FNO2/c1-15(9-3-2-4-13(16)17)10-11-5-7-12(14)8-6-11/h5-8H,2-4,9-10H2,1H3,(H,16,17). The smallest absolute Gasteiger partial charge is 0.303 e. The molecule has 0 saturated heterocycles. The highest BCUT2D eigenvalue weighted by Crippen LogP contribution is 2.06. The van der Waals surface area contributed by atoms with Crippen LogP contribution in [0.3, 0.4) is 0 Å². The molecule has 0 heterocycles. The fourth-order valence-electron chi connectivity index (χ4n) is 1.64. The molecule has 0 radical (unpaired) electrons. The lowest BCUT2D eigenvalue weighted by molar-refractivity contribution is -0.137. The van der Waals surface area contributed by atoms with Crippen molar-refractivity contribution >= 4 is 5.97 Å². The maximum atomic E-state index is 12.7. The van der Waals surface area contributed by atoms with Gasteiger partial charge in [-0.05, 0) is 44.1 Å². The molecule has 0 aliphatic rings. The Morgan fingerprint density at radius 3 is 2.53 bits per heavy atom. The molecular weight excluding hydrogens is 221 g/mol. The summed E-state index contributed by atoms with van der Waals surface area (Å²) >= 11 is 0. The molecule has 1 aromatic rings. The van der Waals surface area contributed by atoms with Crippen molar-refractivity contribution in [2.24, 2.45) is 0 Å². The van der Waals surface area contributed by atoms with Crippen LogP contribution in [-0.2, 0) is 11.3 Å². The predicted octanol–water partition coefficient (Wildman–Crippen LogP) is 2.51. The maximum Gasteiger partial charge on any atom is 0.303 e. The maximum absolute atomic E-state index is 12.7. The highest BCUT2D eigenvalue weighted by molar-refractivity contribution is 5.66. The summed E-state index contributed by atoms with van der Waals surface area (Å²) in [7, 11) is 1.98. The van der Waals surface area contributed by atoms with Gasteiger partial charge in [-0.1, -0.05) is 12.1 Å². The third-order valence-electron chi connectivity index (χ3n) is 2.55. The number of hydrogen-bond donors (Lipinski definition) is 1.